The molecule has 5 fully saturated rings. The van der Waals surface area contributed by atoms with Gasteiger partial charge in [-0.25, -0.2) is 4.79 Å². The fraction of sp³-hybridized carbons (Fsp3) is 0.842. The standard InChI is InChI=1S/C19H26O3/c1-10(2)17(20)22-18-9-14(13-4-3-5-15(13)18)16-11-6-7-12(8-11)19(16,18)21/h11-16,21H,1,3-9H2,2H3. The molecule has 5 aliphatic rings. The zero-order chi connectivity index (χ0) is 15.3. The van der Waals surface area contributed by atoms with Crippen LogP contribution in [0.3, 0.4) is 0 Å². The van der Waals surface area contributed by atoms with Crippen molar-refractivity contribution in [1.82, 2.24) is 0 Å². The maximum atomic E-state index is 12.4. The molecular formula is C19H26O3. The number of carbonyl (C=O) groups excluding carboxylic acids is 1. The van der Waals surface area contributed by atoms with Crippen molar-refractivity contribution < 1.29 is 14.6 Å². The highest BCUT2D eigenvalue weighted by molar-refractivity contribution is 5.87. The van der Waals surface area contributed by atoms with E-state index in [0.29, 0.717) is 41.1 Å². The summed E-state index contributed by atoms with van der Waals surface area (Å²) in [7, 11) is 0. The summed E-state index contributed by atoms with van der Waals surface area (Å²) in [5, 5.41) is 11.8. The molecule has 0 spiro atoms. The van der Waals surface area contributed by atoms with E-state index in [1.807, 2.05) is 0 Å². The number of aliphatic hydroxyl groups is 1. The van der Waals surface area contributed by atoms with Crippen LogP contribution in [0.15, 0.2) is 12.2 Å². The van der Waals surface area contributed by atoms with Gasteiger partial charge in [-0.15, -0.1) is 0 Å². The van der Waals surface area contributed by atoms with Gasteiger partial charge in [0, 0.05) is 11.5 Å². The van der Waals surface area contributed by atoms with Gasteiger partial charge >= 0.3 is 5.97 Å². The van der Waals surface area contributed by atoms with E-state index in [-0.39, 0.29) is 5.97 Å². The van der Waals surface area contributed by atoms with Gasteiger partial charge in [0.15, 0.2) is 0 Å². The summed E-state index contributed by atoms with van der Waals surface area (Å²) >= 11 is 0. The zero-order valence-corrected chi connectivity index (χ0v) is 13.4. The van der Waals surface area contributed by atoms with Crippen LogP contribution in [-0.2, 0) is 9.53 Å². The van der Waals surface area contributed by atoms with Crippen LogP contribution in [0, 0.1) is 35.5 Å². The summed E-state index contributed by atoms with van der Waals surface area (Å²) in [6.07, 6.45) is 8.09. The normalized spacial score (nSPS) is 57.0. The van der Waals surface area contributed by atoms with E-state index in [0.717, 1.165) is 25.7 Å². The lowest BCUT2D eigenvalue weighted by atomic mass is 9.59. The first kappa shape index (κ1) is 13.6. The third-order valence-electron chi connectivity index (χ3n) is 8.13. The molecule has 120 valence electrons. The van der Waals surface area contributed by atoms with Crippen molar-refractivity contribution in [3.05, 3.63) is 12.2 Å². The molecule has 22 heavy (non-hydrogen) atoms. The van der Waals surface area contributed by atoms with Crippen LogP contribution in [0.1, 0.15) is 51.9 Å². The van der Waals surface area contributed by atoms with Crippen molar-refractivity contribution in [2.75, 3.05) is 0 Å². The van der Waals surface area contributed by atoms with E-state index >= 15 is 0 Å². The van der Waals surface area contributed by atoms with E-state index in [2.05, 4.69) is 6.58 Å². The smallest absolute Gasteiger partial charge is 0.333 e. The molecule has 8 unspecified atom stereocenters. The van der Waals surface area contributed by atoms with Crippen LogP contribution >= 0.6 is 0 Å². The van der Waals surface area contributed by atoms with Gasteiger partial charge in [-0.2, -0.15) is 0 Å². The number of hydrogen-bond acceptors (Lipinski definition) is 3. The Morgan fingerprint density at radius 1 is 1.23 bits per heavy atom. The second-order valence-corrected chi connectivity index (χ2v) is 8.75. The number of esters is 1. The van der Waals surface area contributed by atoms with Crippen molar-refractivity contribution in [3.63, 3.8) is 0 Å². The summed E-state index contributed by atoms with van der Waals surface area (Å²) in [6, 6.07) is 0. The first-order valence-electron chi connectivity index (χ1n) is 9.10. The quantitative estimate of drug-likeness (QED) is 0.484. The maximum Gasteiger partial charge on any atom is 0.333 e. The number of fused-ring (bicyclic) bond motifs is 12. The van der Waals surface area contributed by atoms with Crippen LogP contribution in [0.5, 0.6) is 0 Å². The van der Waals surface area contributed by atoms with Crippen molar-refractivity contribution in [2.45, 2.75) is 63.1 Å². The lowest BCUT2D eigenvalue weighted by molar-refractivity contribution is -0.231. The highest BCUT2D eigenvalue weighted by Crippen LogP contribution is 2.76. The van der Waals surface area contributed by atoms with E-state index in [1.54, 1.807) is 6.92 Å². The van der Waals surface area contributed by atoms with Gasteiger partial charge < -0.3 is 9.84 Å². The maximum absolute atomic E-state index is 12.4. The molecule has 8 atom stereocenters. The molecule has 3 heteroatoms. The van der Waals surface area contributed by atoms with Crippen LogP contribution in [0.4, 0.5) is 0 Å². The van der Waals surface area contributed by atoms with Gasteiger partial charge in [-0.1, -0.05) is 13.0 Å². The summed E-state index contributed by atoms with van der Waals surface area (Å²) in [5.74, 6) is 2.79. The lowest BCUT2D eigenvalue weighted by Crippen LogP contribution is -2.64. The summed E-state index contributed by atoms with van der Waals surface area (Å²) in [5.41, 5.74) is -0.876. The molecule has 3 nitrogen and oxygen atoms in total. The SMILES string of the molecule is C=C(C)C(=O)OC12CC(C3CCCC31)C1C3CCC(C3)C12O. The van der Waals surface area contributed by atoms with Crippen molar-refractivity contribution >= 4 is 5.97 Å². The van der Waals surface area contributed by atoms with Crippen molar-refractivity contribution in [3.8, 4) is 0 Å². The first-order valence-corrected chi connectivity index (χ1v) is 9.10. The molecule has 0 heterocycles. The minimum absolute atomic E-state index is 0.289. The van der Waals surface area contributed by atoms with E-state index in [1.165, 1.54) is 19.3 Å². The molecule has 5 rings (SSSR count). The summed E-state index contributed by atoms with van der Waals surface area (Å²) < 4.78 is 6.15. The van der Waals surface area contributed by atoms with E-state index in [9.17, 15) is 9.90 Å². The fourth-order valence-electron chi connectivity index (χ4n) is 7.72. The Labute approximate surface area is 132 Å². The monoisotopic (exact) mass is 302 g/mol. The molecule has 4 bridgehead atoms. The molecule has 0 aromatic carbocycles. The fourth-order valence-corrected chi connectivity index (χ4v) is 7.72. The molecule has 0 aromatic rings. The Morgan fingerprint density at radius 3 is 2.82 bits per heavy atom. The van der Waals surface area contributed by atoms with Crippen molar-refractivity contribution in [2.24, 2.45) is 35.5 Å². The third-order valence-corrected chi connectivity index (χ3v) is 8.13. The number of carbonyl (C=O) groups is 1. The predicted molar refractivity (Wildman–Crippen MR) is 81.8 cm³/mol. The molecular weight excluding hydrogens is 276 g/mol. The highest BCUT2D eigenvalue weighted by atomic mass is 16.6. The topological polar surface area (TPSA) is 46.5 Å². The molecule has 0 aliphatic heterocycles. The van der Waals surface area contributed by atoms with Crippen LogP contribution in [-0.4, -0.2) is 22.3 Å². The van der Waals surface area contributed by atoms with Crippen molar-refractivity contribution in [1.29, 1.82) is 0 Å². The second kappa shape index (κ2) is 3.98. The minimum atomic E-state index is -0.739. The van der Waals surface area contributed by atoms with Gasteiger partial charge in [0.2, 0.25) is 0 Å². The zero-order valence-electron chi connectivity index (χ0n) is 13.4. The first-order chi connectivity index (χ1) is 10.5. The lowest BCUT2D eigenvalue weighted by Gasteiger charge is -2.53. The Bertz CT molecular complexity index is 569. The third kappa shape index (κ3) is 1.25. The molecule has 0 amide bonds. The summed E-state index contributed by atoms with van der Waals surface area (Å²) in [6.45, 7) is 5.48. The number of hydrogen-bond donors (Lipinski definition) is 1. The van der Waals surface area contributed by atoms with Gasteiger partial charge in [0.1, 0.15) is 11.2 Å². The Balaban J connectivity index is 1.63. The number of ether oxygens (including phenoxy) is 1. The van der Waals surface area contributed by atoms with Crippen LogP contribution in [0.25, 0.3) is 0 Å². The molecule has 5 saturated carbocycles. The largest absolute Gasteiger partial charge is 0.452 e. The van der Waals surface area contributed by atoms with Gasteiger partial charge in [-0.05, 0) is 75.0 Å². The second-order valence-electron chi connectivity index (χ2n) is 8.75. The van der Waals surface area contributed by atoms with Crippen LogP contribution in [0.2, 0.25) is 0 Å². The predicted octanol–water partition coefficient (Wildman–Crippen LogP) is 3.07. The Hall–Kier alpha value is -0.830. The summed E-state index contributed by atoms with van der Waals surface area (Å²) in [4.78, 5) is 12.4. The van der Waals surface area contributed by atoms with E-state index in [4.69, 9.17) is 4.74 Å². The van der Waals surface area contributed by atoms with E-state index < -0.39 is 11.2 Å². The molecule has 0 radical (unpaired) electrons. The molecule has 0 saturated heterocycles. The molecule has 1 N–H and O–H groups in total. The molecule has 5 aliphatic carbocycles. The Kier molecular flexibility index (Phi) is 2.46. The van der Waals surface area contributed by atoms with Gasteiger partial charge in [-0.3, -0.25) is 0 Å². The minimum Gasteiger partial charge on any atom is -0.452 e. The molecule has 0 aromatic heterocycles. The highest BCUT2D eigenvalue weighted by Gasteiger charge is 2.82. The van der Waals surface area contributed by atoms with Crippen LogP contribution < -0.4 is 0 Å². The van der Waals surface area contributed by atoms with Gasteiger partial charge in [0.05, 0.1) is 0 Å². The Morgan fingerprint density at radius 2 is 2.05 bits per heavy atom. The average Bonchev–Trinajstić information content (AvgIpc) is 3.20. The number of rotatable bonds is 2. The average molecular weight is 302 g/mol. The van der Waals surface area contributed by atoms with Gasteiger partial charge in [0.25, 0.3) is 0 Å².